The van der Waals surface area contributed by atoms with Crippen LogP contribution in [0, 0.1) is 5.92 Å². The van der Waals surface area contributed by atoms with Crippen molar-refractivity contribution in [1.82, 2.24) is 4.90 Å². The molecule has 1 fully saturated rings. The van der Waals surface area contributed by atoms with Gasteiger partial charge in [0.25, 0.3) is 0 Å². The lowest BCUT2D eigenvalue weighted by Crippen LogP contribution is -2.35. The van der Waals surface area contributed by atoms with Gasteiger partial charge in [0.1, 0.15) is 0 Å². The average molecular weight is 234 g/mol. The van der Waals surface area contributed by atoms with E-state index >= 15 is 0 Å². The molecule has 0 saturated carbocycles. The van der Waals surface area contributed by atoms with E-state index in [1.54, 1.807) is 0 Å². The Labute approximate surface area is 96.4 Å². The second-order valence-electron chi connectivity index (χ2n) is 4.77. The molecule has 4 heteroatoms. The molecule has 1 amide bonds. The molecule has 1 aliphatic heterocycles. The molecule has 1 rings (SSSR count). The summed E-state index contributed by atoms with van der Waals surface area (Å²) in [6.45, 7) is 5.08. The fourth-order valence-electron chi connectivity index (χ4n) is 1.94. The van der Waals surface area contributed by atoms with E-state index in [9.17, 15) is 9.90 Å². The molecule has 0 aromatic rings. The van der Waals surface area contributed by atoms with Gasteiger partial charge in [-0.1, -0.05) is 0 Å². The normalized spacial score (nSPS) is 22.1. The van der Waals surface area contributed by atoms with Gasteiger partial charge in [0.15, 0.2) is 0 Å². The average Bonchev–Trinajstić information content (AvgIpc) is 2.62. The number of aliphatic hydroxyl groups is 1. The zero-order chi connectivity index (χ0) is 11.5. The van der Waals surface area contributed by atoms with Crippen LogP contribution in [-0.2, 0) is 4.79 Å². The van der Waals surface area contributed by atoms with Crippen LogP contribution in [0.25, 0.3) is 0 Å². The van der Waals surface area contributed by atoms with E-state index in [0.717, 1.165) is 19.4 Å². The van der Waals surface area contributed by atoms with Crippen LogP contribution in [0.1, 0.15) is 33.1 Å². The number of rotatable bonds is 4. The molecule has 0 bridgehead atoms. The van der Waals surface area contributed by atoms with Crippen molar-refractivity contribution >= 4 is 17.5 Å². The maximum atomic E-state index is 11.7. The molecule has 88 valence electrons. The SMILES string of the molecule is CC(C)(O)C1CCN(C(=O)CCCCl)C1. The molecule has 1 aliphatic rings. The number of carbonyl (C=O) groups excluding carboxylic acids is 1. The number of hydrogen-bond acceptors (Lipinski definition) is 2. The molecule has 1 atom stereocenters. The highest BCUT2D eigenvalue weighted by Crippen LogP contribution is 2.27. The van der Waals surface area contributed by atoms with Crippen molar-refractivity contribution in [3.63, 3.8) is 0 Å². The van der Waals surface area contributed by atoms with Crippen LogP contribution < -0.4 is 0 Å². The molecule has 3 nitrogen and oxygen atoms in total. The van der Waals surface area contributed by atoms with Gasteiger partial charge in [0.2, 0.25) is 5.91 Å². The number of halogens is 1. The molecule has 0 radical (unpaired) electrons. The first-order valence-corrected chi connectivity index (χ1v) is 6.04. The Balaban J connectivity index is 2.39. The lowest BCUT2D eigenvalue weighted by molar-refractivity contribution is -0.130. The Morgan fingerprint density at radius 3 is 2.73 bits per heavy atom. The second-order valence-corrected chi connectivity index (χ2v) is 5.15. The summed E-state index contributed by atoms with van der Waals surface area (Å²) in [5.74, 6) is 0.911. The summed E-state index contributed by atoms with van der Waals surface area (Å²) in [5, 5.41) is 9.83. The van der Waals surface area contributed by atoms with Crippen LogP contribution in [-0.4, -0.2) is 40.5 Å². The van der Waals surface area contributed by atoms with Crippen LogP contribution >= 0.6 is 11.6 Å². The first-order valence-electron chi connectivity index (χ1n) is 5.51. The van der Waals surface area contributed by atoms with Gasteiger partial charge >= 0.3 is 0 Å². The number of alkyl halides is 1. The van der Waals surface area contributed by atoms with Gasteiger partial charge in [0, 0.05) is 31.3 Å². The lowest BCUT2D eigenvalue weighted by atomic mass is 9.90. The Morgan fingerprint density at radius 1 is 1.60 bits per heavy atom. The minimum atomic E-state index is -0.679. The highest BCUT2D eigenvalue weighted by atomic mass is 35.5. The smallest absolute Gasteiger partial charge is 0.222 e. The fourth-order valence-corrected chi connectivity index (χ4v) is 2.07. The molecule has 1 saturated heterocycles. The second kappa shape index (κ2) is 5.17. The Bertz CT molecular complexity index is 225. The number of likely N-dealkylation sites (tertiary alicyclic amines) is 1. The molecule has 1 unspecified atom stereocenters. The number of amides is 1. The first-order chi connectivity index (χ1) is 6.95. The Morgan fingerprint density at radius 2 is 2.27 bits per heavy atom. The van der Waals surface area contributed by atoms with Crippen molar-refractivity contribution in [2.75, 3.05) is 19.0 Å². The zero-order valence-corrected chi connectivity index (χ0v) is 10.3. The summed E-state index contributed by atoms with van der Waals surface area (Å²) in [6, 6.07) is 0. The van der Waals surface area contributed by atoms with Crippen LogP contribution in [0.5, 0.6) is 0 Å². The van der Waals surface area contributed by atoms with E-state index < -0.39 is 5.60 Å². The Kier molecular flexibility index (Phi) is 4.41. The van der Waals surface area contributed by atoms with Crippen molar-refractivity contribution in [3.05, 3.63) is 0 Å². The van der Waals surface area contributed by atoms with Gasteiger partial charge in [0.05, 0.1) is 5.60 Å². The van der Waals surface area contributed by atoms with Gasteiger partial charge in [-0.2, -0.15) is 0 Å². The van der Waals surface area contributed by atoms with Crippen LogP contribution in [0.15, 0.2) is 0 Å². The minimum Gasteiger partial charge on any atom is -0.390 e. The summed E-state index contributed by atoms with van der Waals surface area (Å²) in [7, 11) is 0. The summed E-state index contributed by atoms with van der Waals surface area (Å²) >= 11 is 5.54. The van der Waals surface area contributed by atoms with Gasteiger partial charge in [-0.25, -0.2) is 0 Å². The molecule has 15 heavy (non-hydrogen) atoms. The third-order valence-corrected chi connectivity index (χ3v) is 3.33. The van der Waals surface area contributed by atoms with E-state index in [1.165, 1.54) is 0 Å². The highest BCUT2D eigenvalue weighted by molar-refractivity contribution is 6.17. The molecule has 0 aromatic heterocycles. The maximum Gasteiger partial charge on any atom is 0.222 e. The van der Waals surface area contributed by atoms with Crippen molar-refractivity contribution in [2.45, 2.75) is 38.7 Å². The largest absolute Gasteiger partial charge is 0.390 e. The van der Waals surface area contributed by atoms with Crippen molar-refractivity contribution in [3.8, 4) is 0 Å². The predicted octanol–water partition coefficient (Wildman–Crippen LogP) is 1.62. The third-order valence-electron chi connectivity index (χ3n) is 3.06. The highest BCUT2D eigenvalue weighted by Gasteiger charge is 2.34. The monoisotopic (exact) mass is 233 g/mol. The topological polar surface area (TPSA) is 40.5 Å². The maximum absolute atomic E-state index is 11.7. The van der Waals surface area contributed by atoms with Gasteiger partial charge in [-0.15, -0.1) is 11.6 Å². The van der Waals surface area contributed by atoms with E-state index in [2.05, 4.69) is 0 Å². The molecule has 0 aromatic carbocycles. The predicted molar refractivity (Wildman–Crippen MR) is 60.9 cm³/mol. The third kappa shape index (κ3) is 3.65. The minimum absolute atomic E-state index is 0.169. The first kappa shape index (κ1) is 12.8. The summed E-state index contributed by atoms with van der Waals surface area (Å²) in [6.07, 6.45) is 2.17. The van der Waals surface area contributed by atoms with Crippen LogP contribution in [0.4, 0.5) is 0 Å². The van der Waals surface area contributed by atoms with Crippen molar-refractivity contribution in [2.24, 2.45) is 5.92 Å². The van der Waals surface area contributed by atoms with Gasteiger partial charge in [-0.05, 0) is 26.7 Å². The van der Waals surface area contributed by atoms with E-state index in [-0.39, 0.29) is 11.8 Å². The van der Waals surface area contributed by atoms with Crippen LogP contribution in [0.2, 0.25) is 0 Å². The molecular weight excluding hydrogens is 214 g/mol. The summed E-state index contributed by atoms with van der Waals surface area (Å²) in [4.78, 5) is 13.5. The fraction of sp³-hybridized carbons (Fsp3) is 0.909. The molecule has 0 aliphatic carbocycles. The van der Waals surface area contributed by atoms with E-state index in [4.69, 9.17) is 11.6 Å². The van der Waals surface area contributed by atoms with Gasteiger partial charge in [-0.3, -0.25) is 4.79 Å². The summed E-state index contributed by atoms with van der Waals surface area (Å²) in [5.41, 5.74) is -0.679. The quantitative estimate of drug-likeness (QED) is 0.750. The van der Waals surface area contributed by atoms with E-state index in [0.29, 0.717) is 18.8 Å². The van der Waals surface area contributed by atoms with Crippen molar-refractivity contribution in [1.29, 1.82) is 0 Å². The van der Waals surface area contributed by atoms with E-state index in [1.807, 2.05) is 18.7 Å². The number of carbonyl (C=O) groups is 1. The van der Waals surface area contributed by atoms with Gasteiger partial charge < -0.3 is 10.0 Å². The molecule has 0 spiro atoms. The molecule has 1 N–H and O–H groups in total. The van der Waals surface area contributed by atoms with Crippen LogP contribution in [0.3, 0.4) is 0 Å². The number of hydrogen-bond donors (Lipinski definition) is 1. The summed E-state index contributed by atoms with van der Waals surface area (Å²) < 4.78 is 0. The Hall–Kier alpha value is -0.280. The lowest BCUT2D eigenvalue weighted by Gasteiger charge is -2.25. The standard InChI is InChI=1S/C11H20ClNO2/c1-11(2,15)9-5-7-13(8-9)10(14)4-3-6-12/h9,15H,3-8H2,1-2H3. The zero-order valence-electron chi connectivity index (χ0n) is 9.50. The molecular formula is C11H20ClNO2. The number of nitrogens with zero attached hydrogens (tertiary/aromatic N) is 1. The molecule has 1 heterocycles. The van der Waals surface area contributed by atoms with Crippen molar-refractivity contribution < 1.29 is 9.90 Å².